The van der Waals surface area contributed by atoms with Crippen LogP contribution in [0, 0.1) is 0 Å². The number of allylic oxidation sites excluding steroid dienone is 16. The summed E-state index contributed by atoms with van der Waals surface area (Å²) in [6, 6.07) is 22.4. The van der Waals surface area contributed by atoms with Gasteiger partial charge in [-0.3, -0.25) is 0 Å². The number of benzene rings is 2. The van der Waals surface area contributed by atoms with Crippen molar-refractivity contribution in [3.05, 3.63) is 160 Å². The van der Waals surface area contributed by atoms with E-state index in [1.54, 1.807) is 29.0 Å². The molecule has 218 valence electrons. The molecule has 0 radical (unpaired) electrons. The summed E-state index contributed by atoms with van der Waals surface area (Å²) in [5.41, 5.74) is 12.2. The number of rotatable bonds is 6. The van der Waals surface area contributed by atoms with Gasteiger partial charge in [0.1, 0.15) is 0 Å². The summed E-state index contributed by atoms with van der Waals surface area (Å²) in [6.07, 6.45) is 23.9. The van der Waals surface area contributed by atoms with E-state index in [2.05, 4.69) is 139 Å². The molecule has 2 atom stereocenters. The average Bonchev–Trinajstić information content (AvgIpc) is 3.39. The molecule has 6 rings (SSSR count). The van der Waals surface area contributed by atoms with E-state index in [0.29, 0.717) is 11.8 Å². The van der Waals surface area contributed by atoms with E-state index < -0.39 is 17.1 Å². The number of fused-ring (bicyclic) bond motifs is 2. The molecule has 0 saturated heterocycles. The maximum Gasteiger partial charge on any atom is -0.147 e. The third-order valence-corrected chi connectivity index (χ3v) is 31.1. The molecule has 0 amide bonds. The van der Waals surface area contributed by atoms with Crippen LogP contribution in [-0.2, 0) is 17.1 Å². The van der Waals surface area contributed by atoms with E-state index in [0.717, 1.165) is 25.7 Å². The molecule has 2 unspecified atom stereocenters. The van der Waals surface area contributed by atoms with Gasteiger partial charge in [-0.1, -0.05) is 0 Å². The fourth-order valence-corrected chi connectivity index (χ4v) is 32.6. The molecule has 0 saturated carbocycles. The molecular formula is C38H44Cl2HfSi. The molecule has 4 aliphatic carbocycles. The average molecular weight is 778 g/mol. The number of hydrogen-bond donors (Lipinski definition) is 0. The Morgan fingerprint density at radius 2 is 1.02 bits per heavy atom. The van der Waals surface area contributed by atoms with E-state index in [1.807, 2.05) is 0 Å². The summed E-state index contributed by atoms with van der Waals surface area (Å²) in [5, 5.41) is 0. The minimum absolute atomic E-state index is 0. The van der Waals surface area contributed by atoms with Gasteiger partial charge in [-0.2, -0.15) is 0 Å². The first-order chi connectivity index (χ1) is 19.3. The molecule has 0 heterocycles. The van der Waals surface area contributed by atoms with Gasteiger partial charge in [0.15, 0.2) is 0 Å². The summed E-state index contributed by atoms with van der Waals surface area (Å²) in [5.74, 6) is 0.834. The first-order valence-corrected chi connectivity index (χ1v) is 34.3. The van der Waals surface area contributed by atoms with E-state index in [9.17, 15) is 0 Å². The molecule has 0 N–H and O–H groups in total. The Morgan fingerprint density at radius 1 is 0.643 bits per heavy atom. The second kappa shape index (κ2) is 12.9. The first kappa shape index (κ1) is 32.9. The van der Waals surface area contributed by atoms with Gasteiger partial charge >= 0.3 is 245 Å². The summed E-state index contributed by atoms with van der Waals surface area (Å²) in [4.78, 5) is 0. The first-order valence-electron chi connectivity index (χ1n) is 15.1. The maximum absolute atomic E-state index is 3.90. The van der Waals surface area contributed by atoms with Crippen molar-refractivity contribution in [3.8, 4) is 0 Å². The molecule has 0 fully saturated rings. The van der Waals surface area contributed by atoms with E-state index in [1.165, 1.54) is 22.3 Å². The predicted molar refractivity (Wildman–Crippen MR) is 188 cm³/mol. The summed E-state index contributed by atoms with van der Waals surface area (Å²) in [7, 11) is 0. The molecule has 0 aromatic heterocycles. The largest absolute Gasteiger partial charge is 0.147 e. The smallest absolute Gasteiger partial charge is 0.147 e. The van der Waals surface area contributed by atoms with Crippen molar-refractivity contribution >= 4 is 31.8 Å². The van der Waals surface area contributed by atoms with Crippen LogP contribution in [0.4, 0.5) is 0 Å². The molecular weight excluding hydrogens is 734 g/mol. The Balaban J connectivity index is 0.00000202. The third kappa shape index (κ3) is 5.65. The van der Waals surface area contributed by atoms with Crippen LogP contribution >= 0.6 is 24.8 Å². The second-order valence-corrected chi connectivity index (χ2v) is 53.1. The van der Waals surface area contributed by atoms with Gasteiger partial charge in [-0.25, -0.2) is 0 Å². The predicted octanol–water partition coefficient (Wildman–Crippen LogP) is 10.7. The Hall–Kier alpha value is -1.97. The van der Waals surface area contributed by atoms with Crippen molar-refractivity contribution in [2.24, 2.45) is 0 Å². The Morgan fingerprint density at radius 3 is 1.38 bits per heavy atom. The van der Waals surface area contributed by atoms with Gasteiger partial charge < -0.3 is 0 Å². The zero-order valence-corrected chi connectivity index (χ0v) is 32.0. The molecule has 42 heavy (non-hydrogen) atoms. The van der Waals surface area contributed by atoms with E-state index >= 15 is 0 Å². The number of halogens is 2. The van der Waals surface area contributed by atoms with Crippen molar-refractivity contribution < 1.29 is 17.1 Å². The zero-order chi connectivity index (χ0) is 27.9. The van der Waals surface area contributed by atoms with Gasteiger partial charge in [-0.05, 0) is 0 Å². The van der Waals surface area contributed by atoms with Gasteiger partial charge in [0, 0.05) is 0 Å². The normalized spacial score (nSPS) is 21.6. The maximum atomic E-state index is 2.74. The van der Waals surface area contributed by atoms with Crippen molar-refractivity contribution in [1.29, 1.82) is 0 Å². The van der Waals surface area contributed by atoms with Crippen LogP contribution in [0.15, 0.2) is 149 Å². The minimum atomic E-state index is -3.90. The topological polar surface area (TPSA) is 0 Å². The molecule has 0 nitrogen and oxygen atoms in total. The van der Waals surface area contributed by atoms with Crippen molar-refractivity contribution in [2.45, 2.75) is 60.7 Å². The van der Waals surface area contributed by atoms with E-state index in [-0.39, 0.29) is 24.8 Å². The van der Waals surface area contributed by atoms with Gasteiger partial charge in [-0.15, -0.1) is 24.8 Å². The van der Waals surface area contributed by atoms with Crippen molar-refractivity contribution in [2.75, 3.05) is 0 Å². The summed E-state index contributed by atoms with van der Waals surface area (Å²) >= 11 is -3.90. The second-order valence-electron chi connectivity index (χ2n) is 12.8. The van der Waals surface area contributed by atoms with Crippen LogP contribution in [0.3, 0.4) is 0 Å². The van der Waals surface area contributed by atoms with Crippen LogP contribution in [0.2, 0.25) is 9.36 Å². The van der Waals surface area contributed by atoms with Crippen LogP contribution in [0.5, 0.6) is 0 Å². The van der Waals surface area contributed by atoms with E-state index in [4.69, 9.17) is 0 Å². The number of hydrogen-bond acceptors (Lipinski definition) is 0. The molecule has 4 aliphatic rings. The van der Waals surface area contributed by atoms with Crippen LogP contribution < -0.4 is 0 Å². The van der Waals surface area contributed by atoms with Gasteiger partial charge in [0.05, 0.1) is 0 Å². The SMILES string of the molecule is CCC1=[C]([Hf]([CH3])([CH3])(=[SiH2])[C]2=C(CC)C=C3C2=CC=CCC3c2ccccc2)C2=CC=CCC(c3ccccc3)C2=C1.Cl.Cl. The standard InChI is InChI=1S/2C18H17.2CH3.2ClH.Hf.H2Si/c2*1-2-14-12-16-10-6-7-11-17(18(16)13-14)15-8-4-3-5-9-15;;;;;;/h2*3-10,13,17H,2,11H2,1H3;2*1H3;2*1H;;1H2. The monoisotopic (exact) mass is 778 g/mol. The van der Waals surface area contributed by atoms with Crippen LogP contribution in [0.1, 0.15) is 62.5 Å². The summed E-state index contributed by atoms with van der Waals surface area (Å²) in [6.45, 7) is 7.16. The van der Waals surface area contributed by atoms with Crippen molar-refractivity contribution in [1.82, 2.24) is 0 Å². The molecule has 0 aliphatic heterocycles. The third-order valence-electron chi connectivity index (χ3n) is 9.52. The quantitative estimate of drug-likeness (QED) is 0.256. The fourth-order valence-electron chi connectivity index (χ4n) is 7.84. The van der Waals surface area contributed by atoms with Crippen LogP contribution in [0.25, 0.3) is 0 Å². The molecule has 4 heteroatoms. The molecule has 0 bridgehead atoms. The van der Waals surface area contributed by atoms with Crippen molar-refractivity contribution in [3.63, 3.8) is 0 Å². The Kier molecular flexibility index (Phi) is 10.1. The summed E-state index contributed by atoms with van der Waals surface area (Å²) < 4.78 is 8.95. The Labute approximate surface area is 268 Å². The zero-order valence-electron chi connectivity index (χ0n) is 25.4. The molecule has 2 aromatic rings. The van der Waals surface area contributed by atoms with Gasteiger partial charge in [0.2, 0.25) is 0 Å². The van der Waals surface area contributed by atoms with Gasteiger partial charge in [0.25, 0.3) is 0 Å². The molecule has 0 spiro atoms. The Bertz CT molecular complexity index is 1550. The molecule has 2 aromatic carbocycles. The minimum Gasteiger partial charge on any atom is -0.147 e. The fraction of sp³-hybridized carbons (Fsp3) is 0.263. The van der Waals surface area contributed by atoms with Crippen LogP contribution in [-0.4, -0.2) is 6.94 Å².